The quantitative estimate of drug-likeness (QED) is 0.835. The molecule has 0 bridgehead atoms. The van der Waals surface area contributed by atoms with E-state index in [4.69, 9.17) is 5.73 Å². The predicted octanol–water partition coefficient (Wildman–Crippen LogP) is 2.93. The van der Waals surface area contributed by atoms with Crippen LogP contribution in [-0.4, -0.2) is 29.4 Å². The second-order valence-electron chi connectivity index (χ2n) is 6.60. The van der Waals surface area contributed by atoms with Gasteiger partial charge >= 0.3 is 0 Å². The van der Waals surface area contributed by atoms with Crippen LogP contribution in [0, 0.1) is 11.8 Å². The summed E-state index contributed by atoms with van der Waals surface area (Å²) in [5, 5.41) is 0. The fourth-order valence-corrected chi connectivity index (χ4v) is 3.80. The second kappa shape index (κ2) is 6.74. The first kappa shape index (κ1) is 14.8. The number of likely N-dealkylation sites (tertiary alicyclic amines) is 1. The van der Waals surface area contributed by atoms with Gasteiger partial charge in [-0.2, -0.15) is 0 Å². The van der Waals surface area contributed by atoms with Crippen molar-refractivity contribution in [3.05, 3.63) is 0 Å². The van der Waals surface area contributed by atoms with Gasteiger partial charge in [-0.25, -0.2) is 0 Å². The molecule has 2 N–H and O–H groups in total. The number of amides is 1. The molecule has 0 aromatic rings. The highest BCUT2D eigenvalue weighted by atomic mass is 16.2. The van der Waals surface area contributed by atoms with E-state index in [0.29, 0.717) is 17.9 Å². The van der Waals surface area contributed by atoms with E-state index >= 15 is 0 Å². The van der Waals surface area contributed by atoms with E-state index in [9.17, 15) is 4.79 Å². The van der Waals surface area contributed by atoms with E-state index in [-0.39, 0.29) is 12.0 Å². The third kappa shape index (κ3) is 3.50. The first-order valence-electron chi connectivity index (χ1n) is 8.19. The molecule has 1 amide bonds. The molecular formula is C16H30N2O. The number of carbonyl (C=O) groups excluding carboxylic acids is 1. The van der Waals surface area contributed by atoms with Gasteiger partial charge in [0.15, 0.2) is 0 Å². The fraction of sp³-hybridized carbons (Fsp3) is 0.938. The van der Waals surface area contributed by atoms with Crippen molar-refractivity contribution in [1.82, 2.24) is 4.90 Å². The molecule has 2 aliphatic rings. The topological polar surface area (TPSA) is 46.3 Å². The number of hydrogen-bond donors (Lipinski definition) is 1. The van der Waals surface area contributed by atoms with E-state index in [1.807, 2.05) is 0 Å². The number of carbonyl (C=O) groups is 1. The molecule has 110 valence electrons. The van der Waals surface area contributed by atoms with Gasteiger partial charge in [0.25, 0.3) is 0 Å². The van der Waals surface area contributed by atoms with Crippen LogP contribution in [0.5, 0.6) is 0 Å². The van der Waals surface area contributed by atoms with E-state index in [2.05, 4.69) is 18.7 Å². The molecule has 1 aliphatic heterocycles. The molecule has 1 saturated heterocycles. The van der Waals surface area contributed by atoms with Gasteiger partial charge in [0, 0.05) is 24.5 Å². The van der Waals surface area contributed by atoms with Crippen LogP contribution in [0.2, 0.25) is 0 Å². The van der Waals surface area contributed by atoms with Crippen LogP contribution >= 0.6 is 0 Å². The number of rotatable bonds is 2. The van der Waals surface area contributed by atoms with Crippen LogP contribution in [0.4, 0.5) is 0 Å². The van der Waals surface area contributed by atoms with Crippen LogP contribution in [0.15, 0.2) is 0 Å². The summed E-state index contributed by atoms with van der Waals surface area (Å²) in [7, 11) is 0. The molecule has 4 unspecified atom stereocenters. The Balaban J connectivity index is 2.06. The molecule has 0 spiro atoms. The van der Waals surface area contributed by atoms with E-state index in [0.717, 1.165) is 32.2 Å². The molecule has 3 heteroatoms. The Morgan fingerprint density at radius 3 is 2.74 bits per heavy atom. The lowest BCUT2D eigenvalue weighted by molar-refractivity contribution is -0.141. The van der Waals surface area contributed by atoms with Gasteiger partial charge in [0.2, 0.25) is 5.91 Å². The Bertz CT molecular complexity index is 305. The zero-order chi connectivity index (χ0) is 13.8. The molecule has 19 heavy (non-hydrogen) atoms. The van der Waals surface area contributed by atoms with Gasteiger partial charge in [-0.1, -0.05) is 26.7 Å². The molecule has 1 aliphatic carbocycles. The van der Waals surface area contributed by atoms with Crippen molar-refractivity contribution in [2.24, 2.45) is 17.6 Å². The second-order valence-corrected chi connectivity index (χ2v) is 6.60. The molecule has 0 radical (unpaired) electrons. The Kier molecular flexibility index (Phi) is 5.26. The SMILES string of the molecule is CCC1CCCCCN1C(=O)C1CC(N)CCC1C. The van der Waals surface area contributed by atoms with Crippen molar-refractivity contribution in [3.63, 3.8) is 0 Å². The average molecular weight is 266 g/mol. The summed E-state index contributed by atoms with van der Waals surface area (Å²) in [5.74, 6) is 1.08. The van der Waals surface area contributed by atoms with Gasteiger partial charge in [0.1, 0.15) is 0 Å². The summed E-state index contributed by atoms with van der Waals surface area (Å²) in [6.07, 6.45) is 9.11. The Morgan fingerprint density at radius 2 is 2.00 bits per heavy atom. The minimum Gasteiger partial charge on any atom is -0.339 e. The minimum absolute atomic E-state index is 0.177. The molecule has 0 aromatic heterocycles. The summed E-state index contributed by atoms with van der Waals surface area (Å²) in [5.41, 5.74) is 6.08. The van der Waals surface area contributed by atoms with Crippen molar-refractivity contribution < 1.29 is 4.79 Å². The third-order valence-electron chi connectivity index (χ3n) is 5.19. The zero-order valence-electron chi connectivity index (χ0n) is 12.6. The van der Waals surface area contributed by atoms with Crippen molar-refractivity contribution in [1.29, 1.82) is 0 Å². The van der Waals surface area contributed by atoms with Crippen LogP contribution in [0.1, 0.15) is 65.2 Å². The summed E-state index contributed by atoms with van der Waals surface area (Å²) < 4.78 is 0. The molecule has 1 saturated carbocycles. The highest BCUT2D eigenvalue weighted by Gasteiger charge is 2.36. The molecule has 1 heterocycles. The first-order chi connectivity index (χ1) is 9.13. The standard InChI is InChI=1S/C16H30N2O/c1-3-14-7-5-4-6-10-18(14)16(19)15-11-13(17)9-8-12(15)2/h12-15H,3-11,17H2,1-2H3. The molecule has 0 aromatic carbocycles. The first-order valence-corrected chi connectivity index (χ1v) is 8.19. The Hall–Kier alpha value is -0.570. The minimum atomic E-state index is 0.177. The maximum atomic E-state index is 12.9. The van der Waals surface area contributed by atoms with Gasteiger partial charge in [0.05, 0.1) is 0 Å². The summed E-state index contributed by atoms with van der Waals surface area (Å²) in [4.78, 5) is 15.1. The summed E-state index contributed by atoms with van der Waals surface area (Å²) in [6.45, 7) is 5.41. The van der Waals surface area contributed by atoms with E-state index in [1.54, 1.807) is 0 Å². The van der Waals surface area contributed by atoms with Crippen LogP contribution in [-0.2, 0) is 4.79 Å². The van der Waals surface area contributed by atoms with Gasteiger partial charge in [-0.05, 0) is 44.4 Å². The molecule has 2 rings (SSSR count). The Labute approximate surface area is 117 Å². The van der Waals surface area contributed by atoms with Crippen LogP contribution in [0.3, 0.4) is 0 Å². The van der Waals surface area contributed by atoms with Gasteiger partial charge in [-0.3, -0.25) is 4.79 Å². The highest BCUT2D eigenvalue weighted by molar-refractivity contribution is 5.79. The van der Waals surface area contributed by atoms with Gasteiger partial charge in [-0.15, -0.1) is 0 Å². The zero-order valence-corrected chi connectivity index (χ0v) is 12.6. The smallest absolute Gasteiger partial charge is 0.226 e. The molecule has 2 fully saturated rings. The summed E-state index contributed by atoms with van der Waals surface area (Å²) in [6, 6.07) is 0.706. The molecule has 3 nitrogen and oxygen atoms in total. The lowest BCUT2D eigenvalue weighted by Gasteiger charge is -2.38. The third-order valence-corrected chi connectivity index (χ3v) is 5.19. The fourth-order valence-electron chi connectivity index (χ4n) is 3.80. The highest BCUT2D eigenvalue weighted by Crippen LogP contribution is 2.32. The lowest BCUT2D eigenvalue weighted by Crippen LogP contribution is -2.47. The van der Waals surface area contributed by atoms with Crippen molar-refractivity contribution in [2.45, 2.75) is 77.3 Å². The van der Waals surface area contributed by atoms with E-state index in [1.165, 1.54) is 25.7 Å². The molecule has 4 atom stereocenters. The van der Waals surface area contributed by atoms with Crippen LogP contribution < -0.4 is 5.73 Å². The Morgan fingerprint density at radius 1 is 1.21 bits per heavy atom. The largest absolute Gasteiger partial charge is 0.339 e. The van der Waals surface area contributed by atoms with Gasteiger partial charge < -0.3 is 10.6 Å². The van der Waals surface area contributed by atoms with E-state index < -0.39 is 0 Å². The van der Waals surface area contributed by atoms with Crippen molar-refractivity contribution >= 4 is 5.91 Å². The van der Waals surface area contributed by atoms with Crippen LogP contribution in [0.25, 0.3) is 0 Å². The number of hydrogen-bond acceptors (Lipinski definition) is 2. The number of nitrogens with zero attached hydrogens (tertiary/aromatic N) is 1. The average Bonchev–Trinajstić information content (AvgIpc) is 2.65. The monoisotopic (exact) mass is 266 g/mol. The maximum absolute atomic E-state index is 12.9. The van der Waals surface area contributed by atoms with Crippen molar-refractivity contribution in [2.75, 3.05) is 6.54 Å². The van der Waals surface area contributed by atoms with Crippen molar-refractivity contribution in [3.8, 4) is 0 Å². The predicted molar refractivity (Wildman–Crippen MR) is 78.7 cm³/mol. The lowest BCUT2D eigenvalue weighted by atomic mass is 9.77. The maximum Gasteiger partial charge on any atom is 0.226 e. The summed E-state index contributed by atoms with van der Waals surface area (Å²) >= 11 is 0. The number of nitrogens with two attached hydrogens (primary N) is 1. The normalized spacial score (nSPS) is 36.9. The molecular weight excluding hydrogens is 236 g/mol.